The molecule has 3 saturated carbocycles. The standard InChI is InChI=1S/C45H72O18/c1-19(18-58-41-38(56)36(54)33(51)29(16-46)61-41)6-9-27(48)20(2)31-28(49)15-26-24-8-7-22-14-23(10-12-44(22,4)25(24)11-13-45(26,31)5)60-43-40(37(55)34(52)30(17-47)62-43)63-42-39(57)35(53)32(50)21(3)59-42/h7,19-21,23-26,29-43,46-47,50-57H,6,8-18H2,1-5H3/t19?,20-,21+,23+,24?,25?,26?,29-,30-,31?,32+,33-,34-,35-,36+,37+,38-,39-,40-,41-,42+,43-,44+,45+/m1/s1. The van der Waals surface area contributed by atoms with Gasteiger partial charge in [-0.2, -0.15) is 0 Å². The number of hydrogen-bond acceptors (Lipinski definition) is 18. The van der Waals surface area contributed by atoms with E-state index in [4.69, 9.17) is 28.4 Å². The third kappa shape index (κ3) is 9.24. The zero-order valence-electron chi connectivity index (χ0n) is 37.0. The van der Waals surface area contributed by atoms with Crippen molar-refractivity contribution >= 4 is 11.6 Å². The predicted octanol–water partition coefficient (Wildman–Crippen LogP) is -0.781. The van der Waals surface area contributed by atoms with Gasteiger partial charge in [0.05, 0.1) is 32.0 Å². The number of rotatable bonds is 14. The smallest absolute Gasteiger partial charge is 0.187 e. The van der Waals surface area contributed by atoms with Crippen molar-refractivity contribution in [2.45, 2.75) is 191 Å². The molecule has 0 radical (unpaired) electrons. The molecule has 3 saturated heterocycles. The normalized spacial score (nSPS) is 49.9. The maximum Gasteiger partial charge on any atom is 0.187 e. The number of aliphatic hydroxyl groups is 10. The maximum absolute atomic E-state index is 14.0. The average Bonchev–Trinajstić information content (AvgIpc) is 3.54. The molecule has 0 bridgehead atoms. The molecule has 24 atom stereocenters. The van der Waals surface area contributed by atoms with Crippen molar-refractivity contribution in [1.82, 2.24) is 0 Å². The Hall–Kier alpha value is -1.56. The first-order chi connectivity index (χ1) is 29.7. The Labute approximate surface area is 368 Å². The zero-order chi connectivity index (χ0) is 45.9. The molecule has 10 N–H and O–H groups in total. The van der Waals surface area contributed by atoms with Crippen LogP contribution in [0, 0.1) is 46.3 Å². The lowest BCUT2D eigenvalue weighted by atomic mass is 9.47. The lowest BCUT2D eigenvalue weighted by molar-refractivity contribution is -0.369. The number of hydrogen-bond donors (Lipinski definition) is 10. The summed E-state index contributed by atoms with van der Waals surface area (Å²) in [6, 6.07) is 0. The molecule has 0 aromatic carbocycles. The van der Waals surface area contributed by atoms with E-state index >= 15 is 0 Å². The molecule has 18 heteroatoms. The number of carbonyl (C=O) groups is 2. The summed E-state index contributed by atoms with van der Waals surface area (Å²) in [5.74, 6) is -0.137. The first-order valence-electron chi connectivity index (χ1n) is 23.1. The highest BCUT2D eigenvalue weighted by Gasteiger charge is 2.63. The van der Waals surface area contributed by atoms with E-state index in [2.05, 4.69) is 19.9 Å². The summed E-state index contributed by atoms with van der Waals surface area (Å²) in [7, 11) is 0. The Morgan fingerprint density at radius 1 is 0.762 bits per heavy atom. The summed E-state index contributed by atoms with van der Waals surface area (Å²) in [5, 5.41) is 103. The molecule has 360 valence electrons. The molecular weight excluding hydrogens is 828 g/mol. The summed E-state index contributed by atoms with van der Waals surface area (Å²) >= 11 is 0. The third-order valence-electron chi connectivity index (χ3n) is 16.5. The first kappa shape index (κ1) is 49.3. The van der Waals surface area contributed by atoms with Gasteiger partial charge in [0.2, 0.25) is 0 Å². The van der Waals surface area contributed by atoms with Crippen LogP contribution >= 0.6 is 0 Å². The van der Waals surface area contributed by atoms with Gasteiger partial charge in [-0.3, -0.25) is 9.59 Å². The fraction of sp³-hybridized carbons (Fsp3) is 0.911. The number of Topliss-reactive ketones (excluding diaryl/α,β-unsaturated/α-hetero) is 2. The molecule has 0 aromatic rings. The van der Waals surface area contributed by atoms with E-state index in [0.717, 1.165) is 25.7 Å². The highest BCUT2D eigenvalue weighted by Crippen LogP contribution is 2.66. The van der Waals surface area contributed by atoms with Gasteiger partial charge in [0, 0.05) is 24.7 Å². The molecule has 63 heavy (non-hydrogen) atoms. The van der Waals surface area contributed by atoms with Gasteiger partial charge in [-0.15, -0.1) is 0 Å². The molecular formula is C45H72O18. The lowest BCUT2D eigenvalue weighted by Crippen LogP contribution is -2.64. The zero-order valence-corrected chi connectivity index (χ0v) is 37.0. The fourth-order valence-corrected chi connectivity index (χ4v) is 12.6. The first-order valence-corrected chi connectivity index (χ1v) is 23.1. The van der Waals surface area contributed by atoms with Crippen LogP contribution < -0.4 is 0 Å². The van der Waals surface area contributed by atoms with Crippen LogP contribution in [-0.4, -0.2) is 181 Å². The summed E-state index contributed by atoms with van der Waals surface area (Å²) in [5.41, 5.74) is 0.735. The van der Waals surface area contributed by atoms with Crippen LogP contribution in [0.4, 0.5) is 0 Å². The van der Waals surface area contributed by atoms with Crippen LogP contribution in [0.1, 0.15) is 92.4 Å². The summed E-state index contributed by atoms with van der Waals surface area (Å²) in [4.78, 5) is 27.8. The Morgan fingerprint density at radius 3 is 2.08 bits per heavy atom. The number of ketones is 2. The van der Waals surface area contributed by atoms with E-state index in [1.807, 2.05) is 13.8 Å². The van der Waals surface area contributed by atoms with Gasteiger partial charge in [-0.1, -0.05) is 39.3 Å². The quantitative estimate of drug-likeness (QED) is 0.0957. The Balaban J connectivity index is 0.964. The van der Waals surface area contributed by atoms with Gasteiger partial charge in [0.25, 0.3) is 0 Å². The third-order valence-corrected chi connectivity index (χ3v) is 16.5. The Bertz CT molecular complexity index is 1630. The number of fused-ring (bicyclic) bond motifs is 5. The van der Waals surface area contributed by atoms with E-state index in [1.165, 1.54) is 12.5 Å². The molecule has 4 aliphatic carbocycles. The predicted molar refractivity (Wildman–Crippen MR) is 218 cm³/mol. The van der Waals surface area contributed by atoms with Crippen molar-refractivity contribution in [2.24, 2.45) is 46.3 Å². The topological polar surface area (TPSA) is 292 Å². The molecule has 6 fully saturated rings. The van der Waals surface area contributed by atoms with Crippen molar-refractivity contribution in [1.29, 1.82) is 0 Å². The summed E-state index contributed by atoms with van der Waals surface area (Å²) < 4.78 is 35.1. The molecule has 0 amide bonds. The monoisotopic (exact) mass is 900 g/mol. The van der Waals surface area contributed by atoms with Crippen LogP contribution in [0.15, 0.2) is 11.6 Å². The van der Waals surface area contributed by atoms with E-state index < -0.39 is 117 Å². The minimum absolute atomic E-state index is 0.0171. The second-order valence-corrected chi connectivity index (χ2v) is 20.4. The van der Waals surface area contributed by atoms with Gasteiger partial charge >= 0.3 is 0 Å². The van der Waals surface area contributed by atoms with Crippen LogP contribution in [0.2, 0.25) is 0 Å². The summed E-state index contributed by atoms with van der Waals surface area (Å²) in [6.07, 6.45) is -13.4. The van der Waals surface area contributed by atoms with E-state index in [1.54, 1.807) is 0 Å². The minimum Gasteiger partial charge on any atom is -0.394 e. The van der Waals surface area contributed by atoms with Crippen LogP contribution in [-0.2, 0) is 38.0 Å². The van der Waals surface area contributed by atoms with Gasteiger partial charge in [-0.25, -0.2) is 0 Å². The van der Waals surface area contributed by atoms with Gasteiger partial charge in [0.15, 0.2) is 18.9 Å². The van der Waals surface area contributed by atoms with Crippen LogP contribution in [0.3, 0.4) is 0 Å². The molecule has 7 rings (SSSR count). The Morgan fingerprint density at radius 2 is 1.40 bits per heavy atom. The molecule has 3 heterocycles. The minimum atomic E-state index is -1.67. The van der Waals surface area contributed by atoms with Gasteiger partial charge in [-0.05, 0) is 86.4 Å². The number of allylic oxidation sites excluding steroid dienone is 1. The summed E-state index contributed by atoms with van der Waals surface area (Å²) in [6.45, 7) is 8.71. The van der Waals surface area contributed by atoms with Crippen molar-refractivity contribution in [2.75, 3.05) is 19.8 Å². The second kappa shape index (κ2) is 19.6. The number of ether oxygens (including phenoxy) is 6. The fourth-order valence-electron chi connectivity index (χ4n) is 12.6. The second-order valence-electron chi connectivity index (χ2n) is 20.4. The maximum atomic E-state index is 14.0. The van der Waals surface area contributed by atoms with Gasteiger partial charge < -0.3 is 79.5 Å². The van der Waals surface area contributed by atoms with E-state index in [0.29, 0.717) is 31.6 Å². The molecule has 0 aromatic heterocycles. The Kier molecular flexibility index (Phi) is 15.3. The average molecular weight is 901 g/mol. The van der Waals surface area contributed by atoms with Crippen LogP contribution in [0.5, 0.6) is 0 Å². The number of aliphatic hydroxyl groups excluding tert-OH is 10. The van der Waals surface area contributed by atoms with Crippen molar-refractivity contribution in [3.05, 3.63) is 11.6 Å². The van der Waals surface area contributed by atoms with Crippen molar-refractivity contribution < 1.29 is 89.1 Å². The van der Waals surface area contributed by atoms with Gasteiger partial charge in [0.1, 0.15) is 78.7 Å². The van der Waals surface area contributed by atoms with E-state index in [-0.39, 0.29) is 59.3 Å². The molecule has 0 spiro atoms. The highest BCUT2D eigenvalue weighted by molar-refractivity contribution is 5.92. The largest absolute Gasteiger partial charge is 0.394 e. The molecule has 7 aliphatic rings. The van der Waals surface area contributed by atoms with Crippen molar-refractivity contribution in [3.8, 4) is 0 Å². The number of carbonyl (C=O) groups excluding carboxylic acids is 2. The molecule has 3 aliphatic heterocycles. The van der Waals surface area contributed by atoms with Crippen molar-refractivity contribution in [3.63, 3.8) is 0 Å². The molecule has 5 unspecified atom stereocenters. The highest BCUT2D eigenvalue weighted by atomic mass is 16.8. The van der Waals surface area contributed by atoms with Crippen LogP contribution in [0.25, 0.3) is 0 Å². The lowest BCUT2D eigenvalue weighted by Gasteiger charge is -2.58. The SMILES string of the molecule is CC(CCC(=O)[C@@H](C)C1C(=O)CC2C3CC=C4C[C@@H](O[C@@H]5O[C@H](CO)[C@@H](O)[C@H](O)[C@H]5O[C@@H]5O[C@@H](C)[C@H](O)[C@@H](O)[C@H]5O)CC[C@]4(C)C3CC[C@@]21C)CO[C@@H]1O[C@H](CO)[C@@H](O)[C@H](O)[C@H]1O. The van der Waals surface area contributed by atoms with E-state index in [9.17, 15) is 60.7 Å². The molecule has 18 nitrogen and oxygen atoms in total.